The topological polar surface area (TPSA) is 64.0 Å². The molecule has 2 aromatic carbocycles. The summed E-state index contributed by atoms with van der Waals surface area (Å²) < 4.78 is 29.0. The van der Waals surface area contributed by atoms with E-state index in [-0.39, 0.29) is 28.5 Å². The molecule has 3 aromatic rings. The van der Waals surface area contributed by atoms with Crippen LogP contribution in [0.15, 0.2) is 52.4 Å². The molecule has 1 aliphatic rings. The van der Waals surface area contributed by atoms with Gasteiger partial charge in [-0.05, 0) is 55.9 Å². The first-order valence-corrected chi connectivity index (χ1v) is 11.3. The maximum atomic E-state index is 14.5. The van der Waals surface area contributed by atoms with E-state index in [4.69, 9.17) is 0 Å². The van der Waals surface area contributed by atoms with Gasteiger partial charge in [-0.3, -0.25) is 14.2 Å². The molecule has 0 atom stereocenters. The first-order valence-electron chi connectivity index (χ1n) is 10.3. The van der Waals surface area contributed by atoms with Crippen LogP contribution >= 0.6 is 11.8 Å². The van der Waals surface area contributed by atoms with Crippen molar-refractivity contribution >= 4 is 28.6 Å². The second-order valence-electron chi connectivity index (χ2n) is 7.96. The van der Waals surface area contributed by atoms with Crippen LogP contribution in [0.4, 0.5) is 8.78 Å². The van der Waals surface area contributed by atoms with E-state index in [0.29, 0.717) is 16.8 Å². The number of nitrogens with zero attached hydrogens (tertiary/aromatic N) is 2. The fourth-order valence-electron chi connectivity index (χ4n) is 3.89. The molecule has 5 nitrogen and oxygen atoms in total. The summed E-state index contributed by atoms with van der Waals surface area (Å²) in [4.78, 5) is 30.1. The molecule has 0 radical (unpaired) electrons. The number of thioether (sulfide) groups is 1. The molecular weight excluding hydrogens is 420 g/mol. The smallest absolute Gasteiger partial charge is 0.266 e. The normalized spacial score (nSPS) is 18.8. The SMILES string of the molecule is CC1CCC(NC(=O)CSc2nc3ccccc3c(=O)n2-c2ccc(F)cc2F)CC1. The highest BCUT2D eigenvalue weighted by Gasteiger charge is 2.21. The Morgan fingerprint density at radius 2 is 1.90 bits per heavy atom. The highest BCUT2D eigenvalue weighted by Crippen LogP contribution is 2.25. The van der Waals surface area contributed by atoms with Crippen LogP contribution < -0.4 is 10.9 Å². The van der Waals surface area contributed by atoms with Gasteiger partial charge < -0.3 is 5.32 Å². The minimum Gasteiger partial charge on any atom is -0.353 e. The molecule has 31 heavy (non-hydrogen) atoms. The highest BCUT2D eigenvalue weighted by molar-refractivity contribution is 7.99. The first-order chi connectivity index (χ1) is 14.9. The van der Waals surface area contributed by atoms with E-state index in [0.717, 1.165) is 54.1 Å². The lowest BCUT2D eigenvalue weighted by atomic mass is 9.87. The van der Waals surface area contributed by atoms with Crippen molar-refractivity contribution in [1.82, 2.24) is 14.9 Å². The average Bonchev–Trinajstić information content (AvgIpc) is 2.75. The van der Waals surface area contributed by atoms with Crippen molar-refractivity contribution < 1.29 is 13.6 Å². The number of hydrogen-bond donors (Lipinski definition) is 1. The minimum atomic E-state index is -0.873. The third-order valence-electron chi connectivity index (χ3n) is 5.61. The Morgan fingerprint density at radius 1 is 1.16 bits per heavy atom. The van der Waals surface area contributed by atoms with E-state index in [2.05, 4.69) is 17.2 Å². The van der Waals surface area contributed by atoms with Crippen molar-refractivity contribution in [1.29, 1.82) is 0 Å². The number of carbonyl (C=O) groups excluding carboxylic acids is 1. The van der Waals surface area contributed by atoms with E-state index in [1.54, 1.807) is 24.3 Å². The molecule has 162 valence electrons. The van der Waals surface area contributed by atoms with Crippen LogP contribution in [0.1, 0.15) is 32.6 Å². The predicted octanol–water partition coefficient (Wildman–Crippen LogP) is 4.45. The van der Waals surface area contributed by atoms with E-state index < -0.39 is 17.2 Å². The van der Waals surface area contributed by atoms with Gasteiger partial charge in [-0.2, -0.15) is 0 Å². The van der Waals surface area contributed by atoms with E-state index in [1.165, 1.54) is 6.07 Å². The maximum Gasteiger partial charge on any atom is 0.266 e. The summed E-state index contributed by atoms with van der Waals surface area (Å²) in [5, 5.41) is 3.54. The summed E-state index contributed by atoms with van der Waals surface area (Å²) >= 11 is 1.06. The van der Waals surface area contributed by atoms with Crippen LogP contribution in [0.3, 0.4) is 0 Å². The maximum absolute atomic E-state index is 14.5. The molecule has 1 heterocycles. The molecule has 4 rings (SSSR count). The van der Waals surface area contributed by atoms with Gasteiger partial charge in [-0.25, -0.2) is 13.8 Å². The van der Waals surface area contributed by atoms with Crippen LogP contribution in [0.2, 0.25) is 0 Å². The zero-order chi connectivity index (χ0) is 22.0. The molecule has 1 fully saturated rings. The van der Waals surface area contributed by atoms with Crippen LogP contribution in [-0.4, -0.2) is 27.3 Å². The molecule has 1 aromatic heterocycles. The summed E-state index contributed by atoms with van der Waals surface area (Å²) in [5.41, 5.74) is -0.121. The molecular formula is C23H23F2N3O2S. The first kappa shape index (κ1) is 21.5. The molecule has 0 saturated heterocycles. The summed E-state index contributed by atoms with van der Waals surface area (Å²) in [6.45, 7) is 2.22. The van der Waals surface area contributed by atoms with E-state index >= 15 is 0 Å². The van der Waals surface area contributed by atoms with Crippen molar-refractivity contribution in [3.8, 4) is 5.69 Å². The second-order valence-corrected chi connectivity index (χ2v) is 8.90. The van der Waals surface area contributed by atoms with Crippen LogP contribution in [0, 0.1) is 17.6 Å². The molecule has 0 bridgehead atoms. The summed E-state index contributed by atoms with van der Waals surface area (Å²) in [5.74, 6) is -1.04. The van der Waals surface area contributed by atoms with Crippen LogP contribution in [-0.2, 0) is 4.79 Å². The quantitative estimate of drug-likeness (QED) is 0.467. The number of aromatic nitrogens is 2. The van der Waals surface area contributed by atoms with Crippen LogP contribution in [0.25, 0.3) is 16.6 Å². The number of rotatable bonds is 5. The average molecular weight is 444 g/mol. The standard InChI is InChI=1S/C23H23F2N3O2S/c1-14-6-9-16(10-7-14)26-21(29)13-31-23-27-19-5-3-2-4-17(19)22(30)28(23)20-11-8-15(24)12-18(20)25/h2-5,8,11-12,14,16H,6-7,9-10,13H2,1H3,(H,26,29). The molecule has 0 aliphatic heterocycles. The lowest BCUT2D eigenvalue weighted by Crippen LogP contribution is -2.38. The lowest BCUT2D eigenvalue weighted by molar-refractivity contribution is -0.119. The van der Waals surface area contributed by atoms with Crippen LogP contribution in [0.5, 0.6) is 0 Å². The van der Waals surface area contributed by atoms with Gasteiger partial charge in [0.25, 0.3) is 5.56 Å². The molecule has 1 aliphatic carbocycles. The van der Waals surface area contributed by atoms with Crippen molar-refractivity contribution in [3.63, 3.8) is 0 Å². The molecule has 8 heteroatoms. The fourth-order valence-corrected chi connectivity index (χ4v) is 4.70. The number of halogens is 2. The third-order valence-corrected chi connectivity index (χ3v) is 6.55. The Kier molecular flexibility index (Phi) is 6.36. The second kappa shape index (κ2) is 9.18. The Hall–Kier alpha value is -2.74. The number of amides is 1. The van der Waals surface area contributed by atoms with Crippen molar-refractivity contribution in [2.24, 2.45) is 5.92 Å². The van der Waals surface area contributed by atoms with Crippen molar-refractivity contribution in [3.05, 3.63) is 64.5 Å². The number of fused-ring (bicyclic) bond motifs is 1. The highest BCUT2D eigenvalue weighted by atomic mass is 32.2. The van der Waals surface area contributed by atoms with Gasteiger partial charge in [0.2, 0.25) is 5.91 Å². The monoisotopic (exact) mass is 443 g/mol. The largest absolute Gasteiger partial charge is 0.353 e. The fraction of sp³-hybridized carbons (Fsp3) is 0.348. The Bertz CT molecular complexity index is 1170. The van der Waals surface area contributed by atoms with E-state index in [1.807, 2.05) is 0 Å². The number of nitrogens with one attached hydrogen (secondary N) is 1. The summed E-state index contributed by atoms with van der Waals surface area (Å²) in [7, 11) is 0. The van der Waals surface area contributed by atoms with Gasteiger partial charge in [-0.15, -0.1) is 0 Å². The Labute approximate surface area is 182 Å². The Morgan fingerprint density at radius 3 is 2.65 bits per heavy atom. The molecule has 0 unspecified atom stereocenters. The van der Waals surface area contributed by atoms with Gasteiger partial charge in [0.05, 0.1) is 22.3 Å². The summed E-state index contributed by atoms with van der Waals surface area (Å²) in [6, 6.07) is 9.92. The van der Waals surface area contributed by atoms with Gasteiger partial charge >= 0.3 is 0 Å². The number of hydrogen-bond acceptors (Lipinski definition) is 4. The number of benzene rings is 2. The number of para-hydroxylation sites is 1. The molecule has 1 N–H and O–H groups in total. The van der Waals surface area contributed by atoms with Gasteiger partial charge in [-0.1, -0.05) is 30.8 Å². The summed E-state index contributed by atoms with van der Waals surface area (Å²) in [6.07, 6.45) is 4.09. The van der Waals surface area contributed by atoms with E-state index in [9.17, 15) is 18.4 Å². The zero-order valence-electron chi connectivity index (χ0n) is 17.1. The lowest BCUT2D eigenvalue weighted by Gasteiger charge is -2.26. The zero-order valence-corrected chi connectivity index (χ0v) is 17.9. The molecule has 1 saturated carbocycles. The van der Waals surface area contributed by atoms with Gasteiger partial charge in [0.1, 0.15) is 11.6 Å². The third kappa shape index (κ3) is 4.79. The van der Waals surface area contributed by atoms with Crippen molar-refractivity contribution in [2.45, 2.75) is 43.8 Å². The molecule has 1 amide bonds. The van der Waals surface area contributed by atoms with Crippen molar-refractivity contribution in [2.75, 3.05) is 5.75 Å². The predicted molar refractivity (Wildman–Crippen MR) is 118 cm³/mol. The Balaban J connectivity index is 1.63. The number of carbonyl (C=O) groups is 1. The van der Waals surface area contributed by atoms with Gasteiger partial charge in [0, 0.05) is 12.1 Å². The minimum absolute atomic E-state index is 0.0413. The van der Waals surface area contributed by atoms with Gasteiger partial charge in [0.15, 0.2) is 5.16 Å². The molecule has 0 spiro atoms.